The van der Waals surface area contributed by atoms with Crippen LogP contribution in [0.2, 0.25) is 0 Å². The van der Waals surface area contributed by atoms with Crippen LogP contribution in [0.3, 0.4) is 0 Å². The number of nitrogens with one attached hydrogen (secondary N) is 1. The molecule has 0 bridgehead atoms. The van der Waals surface area contributed by atoms with Crippen molar-refractivity contribution in [1.29, 1.82) is 0 Å². The number of hydrogen-bond acceptors (Lipinski definition) is 2. The molecule has 0 heterocycles. The molecule has 20 heavy (non-hydrogen) atoms. The normalized spacial score (nSPS) is 12.4. The highest BCUT2D eigenvalue weighted by molar-refractivity contribution is 5.60. The molecule has 0 amide bonds. The molecule has 0 aliphatic rings. The van der Waals surface area contributed by atoms with Crippen molar-refractivity contribution in [1.82, 2.24) is 0 Å². The molecule has 0 saturated heterocycles. The summed E-state index contributed by atoms with van der Waals surface area (Å²) in [7, 11) is 0. The van der Waals surface area contributed by atoms with E-state index in [9.17, 15) is 5.11 Å². The summed E-state index contributed by atoms with van der Waals surface area (Å²) < 4.78 is 0. The van der Waals surface area contributed by atoms with Crippen LogP contribution in [0.4, 0.5) is 5.69 Å². The van der Waals surface area contributed by atoms with E-state index >= 15 is 0 Å². The van der Waals surface area contributed by atoms with E-state index in [1.807, 2.05) is 32.0 Å². The summed E-state index contributed by atoms with van der Waals surface area (Å²) in [4.78, 5) is 0. The van der Waals surface area contributed by atoms with Gasteiger partial charge in [-0.25, -0.2) is 0 Å². The highest BCUT2D eigenvalue weighted by Gasteiger charge is 2.17. The van der Waals surface area contributed by atoms with E-state index < -0.39 is 0 Å². The lowest BCUT2D eigenvalue weighted by atomic mass is 9.95. The van der Waals surface area contributed by atoms with Gasteiger partial charge in [0.1, 0.15) is 5.75 Å². The van der Waals surface area contributed by atoms with E-state index in [0.29, 0.717) is 11.7 Å². The van der Waals surface area contributed by atoms with Gasteiger partial charge in [0, 0.05) is 11.3 Å². The minimum Gasteiger partial charge on any atom is -0.507 e. The topological polar surface area (TPSA) is 32.3 Å². The number of anilines is 1. The van der Waals surface area contributed by atoms with Gasteiger partial charge in [0.15, 0.2) is 0 Å². The van der Waals surface area contributed by atoms with Crippen molar-refractivity contribution in [2.75, 3.05) is 5.32 Å². The number of phenols is 1. The first-order valence-corrected chi connectivity index (χ1v) is 7.11. The van der Waals surface area contributed by atoms with Crippen LogP contribution in [0, 0.1) is 19.8 Å². The molecule has 0 saturated carbocycles. The van der Waals surface area contributed by atoms with Crippen LogP contribution in [0.1, 0.15) is 36.6 Å². The van der Waals surface area contributed by atoms with Crippen molar-refractivity contribution in [3.8, 4) is 5.75 Å². The Hall–Kier alpha value is -1.96. The monoisotopic (exact) mass is 269 g/mol. The van der Waals surface area contributed by atoms with Crippen LogP contribution in [0.15, 0.2) is 42.5 Å². The maximum atomic E-state index is 10.1. The quantitative estimate of drug-likeness (QED) is 0.834. The number of aromatic hydroxyl groups is 1. The van der Waals surface area contributed by atoms with E-state index in [1.54, 1.807) is 0 Å². The molecule has 2 aromatic rings. The summed E-state index contributed by atoms with van der Waals surface area (Å²) >= 11 is 0. The molecule has 0 aliphatic heterocycles. The zero-order chi connectivity index (χ0) is 14.7. The lowest BCUT2D eigenvalue weighted by Gasteiger charge is -2.25. The van der Waals surface area contributed by atoms with Gasteiger partial charge >= 0.3 is 0 Å². The fourth-order valence-electron chi connectivity index (χ4n) is 2.45. The Labute approximate surface area is 121 Å². The Balaban J connectivity index is 2.33. The maximum absolute atomic E-state index is 10.1. The van der Waals surface area contributed by atoms with E-state index in [1.165, 1.54) is 5.56 Å². The molecule has 0 aliphatic carbocycles. The molecule has 1 atom stereocenters. The third kappa shape index (κ3) is 2.96. The van der Waals surface area contributed by atoms with Crippen molar-refractivity contribution in [2.24, 2.45) is 5.92 Å². The van der Waals surface area contributed by atoms with Gasteiger partial charge in [-0.3, -0.25) is 0 Å². The molecule has 2 N–H and O–H groups in total. The Morgan fingerprint density at radius 1 is 0.950 bits per heavy atom. The third-order valence-electron chi connectivity index (χ3n) is 3.77. The minimum absolute atomic E-state index is 0.233. The van der Waals surface area contributed by atoms with Gasteiger partial charge in [0.05, 0.1) is 6.04 Å². The van der Waals surface area contributed by atoms with Gasteiger partial charge in [0.2, 0.25) is 0 Å². The van der Waals surface area contributed by atoms with Crippen LogP contribution >= 0.6 is 0 Å². The molecular formula is C18H23NO. The summed E-state index contributed by atoms with van der Waals surface area (Å²) in [5.41, 5.74) is 4.08. The maximum Gasteiger partial charge on any atom is 0.123 e. The smallest absolute Gasteiger partial charge is 0.123 e. The largest absolute Gasteiger partial charge is 0.507 e. The van der Waals surface area contributed by atoms with Crippen LogP contribution in [-0.4, -0.2) is 5.11 Å². The van der Waals surface area contributed by atoms with Crippen molar-refractivity contribution in [3.63, 3.8) is 0 Å². The Morgan fingerprint density at radius 2 is 1.60 bits per heavy atom. The van der Waals surface area contributed by atoms with E-state index in [4.69, 9.17) is 0 Å². The standard InChI is InChI=1S/C18H23NO/c1-12(2)17(15-8-6-5-7-9-15)19-16-11-10-13(3)18(20)14(16)4/h5-12,17,19-20H,1-4H3. The number of phenolic OH excluding ortho intramolecular Hbond substituents is 1. The van der Waals surface area contributed by atoms with Crippen LogP contribution in [-0.2, 0) is 0 Å². The van der Waals surface area contributed by atoms with Gasteiger partial charge in [-0.2, -0.15) is 0 Å². The number of aryl methyl sites for hydroxylation is 1. The molecule has 2 aromatic carbocycles. The second-order valence-electron chi connectivity index (χ2n) is 5.68. The molecule has 2 heteroatoms. The molecule has 0 aromatic heterocycles. The van der Waals surface area contributed by atoms with Gasteiger partial charge in [-0.15, -0.1) is 0 Å². The zero-order valence-corrected chi connectivity index (χ0v) is 12.6. The molecular weight excluding hydrogens is 246 g/mol. The van der Waals surface area contributed by atoms with Crippen molar-refractivity contribution in [2.45, 2.75) is 33.7 Å². The molecule has 0 radical (unpaired) electrons. The Bertz CT molecular complexity index is 575. The number of benzene rings is 2. The van der Waals surface area contributed by atoms with Gasteiger partial charge in [-0.1, -0.05) is 50.2 Å². The Morgan fingerprint density at radius 3 is 2.20 bits per heavy atom. The van der Waals surface area contributed by atoms with Gasteiger partial charge < -0.3 is 10.4 Å². The Kier molecular flexibility index (Phi) is 4.33. The van der Waals surface area contributed by atoms with E-state index in [-0.39, 0.29) is 6.04 Å². The van der Waals surface area contributed by atoms with Crippen LogP contribution < -0.4 is 5.32 Å². The fourth-order valence-corrected chi connectivity index (χ4v) is 2.45. The van der Waals surface area contributed by atoms with Crippen LogP contribution in [0.25, 0.3) is 0 Å². The first-order valence-electron chi connectivity index (χ1n) is 7.11. The van der Waals surface area contributed by atoms with Crippen molar-refractivity contribution >= 4 is 5.69 Å². The number of hydrogen-bond donors (Lipinski definition) is 2. The van der Waals surface area contributed by atoms with E-state index in [0.717, 1.165) is 16.8 Å². The average molecular weight is 269 g/mol. The summed E-state index contributed by atoms with van der Waals surface area (Å²) in [6, 6.07) is 14.7. The van der Waals surface area contributed by atoms with Gasteiger partial charge in [0.25, 0.3) is 0 Å². The van der Waals surface area contributed by atoms with Crippen LogP contribution in [0.5, 0.6) is 5.75 Å². The fraction of sp³-hybridized carbons (Fsp3) is 0.333. The second-order valence-corrected chi connectivity index (χ2v) is 5.68. The lowest BCUT2D eigenvalue weighted by Crippen LogP contribution is -2.17. The summed E-state index contributed by atoms with van der Waals surface area (Å²) in [5.74, 6) is 0.839. The van der Waals surface area contributed by atoms with Crippen molar-refractivity contribution in [3.05, 3.63) is 59.2 Å². The van der Waals surface area contributed by atoms with E-state index in [2.05, 4.69) is 43.4 Å². The summed E-state index contributed by atoms with van der Waals surface area (Å²) in [5, 5.41) is 13.6. The molecule has 106 valence electrons. The van der Waals surface area contributed by atoms with Gasteiger partial charge in [-0.05, 0) is 37.0 Å². The third-order valence-corrected chi connectivity index (χ3v) is 3.77. The molecule has 0 fully saturated rings. The second kappa shape index (κ2) is 6.00. The minimum atomic E-state index is 0.233. The first-order chi connectivity index (χ1) is 9.50. The SMILES string of the molecule is Cc1ccc(NC(c2ccccc2)C(C)C)c(C)c1O. The predicted molar refractivity (Wildman–Crippen MR) is 85.2 cm³/mol. The summed E-state index contributed by atoms with van der Waals surface area (Å²) in [6.45, 7) is 8.28. The lowest BCUT2D eigenvalue weighted by molar-refractivity contribution is 0.466. The predicted octanol–water partition coefficient (Wildman–Crippen LogP) is 4.82. The molecule has 0 spiro atoms. The molecule has 1 unspecified atom stereocenters. The number of rotatable bonds is 4. The highest BCUT2D eigenvalue weighted by atomic mass is 16.3. The van der Waals surface area contributed by atoms with Crippen molar-refractivity contribution < 1.29 is 5.11 Å². The summed E-state index contributed by atoms with van der Waals surface area (Å²) in [6.07, 6.45) is 0. The average Bonchev–Trinajstić information content (AvgIpc) is 2.45. The highest BCUT2D eigenvalue weighted by Crippen LogP contribution is 2.32. The zero-order valence-electron chi connectivity index (χ0n) is 12.6. The molecule has 2 rings (SSSR count). The molecule has 2 nitrogen and oxygen atoms in total. The first kappa shape index (κ1) is 14.4.